The van der Waals surface area contributed by atoms with Crippen molar-refractivity contribution < 1.29 is 23.5 Å². The zero-order chi connectivity index (χ0) is 20.0. The summed E-state index contributed by atoms with van der Waals surface area (Å²) in [4.78, 5) is 0. The van der Waals surface area contributed by atoms with Gasteiger partial charge in [0.2, 0.25) is 18.0 Å². The monoisotopic (exact) mass is 456 g/mol. The number of pyridine rings is 1. The maximum Gasteiger partial charge on any atom is 0.231 e. The molecule has 5 rings (SSSR count). The molecule has 6 heteroatoms. The van der Waals surface area contributed by atoms with Crippen LogP contribution in [0, 0.1) is 0 Å². The quantitative estimate of drug-likeness (QED) is 0.325. The average Bonchev–Trinajstić information content (AvgIpc) is 3.19. The molecule has 0 saturated carbocycles. The predicted molar refractivity (Wildman–Crippen MR) is 115 cm³/mol. The van der Waals surface area contributed by atoms with Crippen LogP contribution in [0.2, 0.25) is 0 Å². The topological polar surface area (TPSA) is 40.8 Å². The number of aromatic nitrogens is 1. The Kier molecular flexibility index (Phi) is 4.74. The molecule has 2 aromatic carbocycles. The molecule has 0 fully saturated rings. The van der Waals surface area contributed by atoms with Crippen molar-refractivity contribution in [2.75, 3.05) is 25.8 Å². The van der Waals surface area contributed by atoms with E-state index in [9.17, 15) is 0 Å². The molecule has 0 N–H and O–H groups in total. The zero-order valence-electron chi connectivity index (χ0n) is 16.6. The summed E-state index contributed by atoms with van der Waals surface area (Å²) in [5.74, 6) is 3.26. The second-order valence-electron chi connectivity index (χ2n) is 7.36. The lowest BCUT2D eigenvalue weighted by Crippen LogP contribution is -2.35. The normalized spacial score (nSPS) is 13.9. The van der Waals surface area contributed by atoms with Crippen LogP contribution >= 0.6 is 15.9 Å². The van der Waals surface area contributed by atoms with Crippen LogP contribution in [0.5, 0.6) is 23.0 Å². The van der Waals surface area contributed by atoms with Gasteiger partial charge in [-0.25, -0.2) is 0 Å². The lowest BCUT2D eigenvalue weighted by molar-refractivity contribution is -0.634. The van der Waals surface area contributed by atoms with Crippen molar-refractivity contribution in [3.63, 3.8) is 0 Å². The number of fused-ring (bicyclic) bond motifs is 5. The van der Waals surface area contributed by atoms with Crippen molar-refractivity contribution in [3.8, 4) is 34.3 Å². The summed E-state index contributed by atoms with van der Waals surface area (Å²) in [7, 11) is 3.81. The Morgan fingerprint density at radius 3 is 2.66 bits per heavy atom. The van der Waals surface area contributed by atoms with Gasteiger partial charge in [-0.15, -0.1) is 0 Å². The standard InChI is InChI=1S/C23H23BrNO4/c1-25-18-6-7-19(26-2)23(27-9-3-8-24)17(18)10-15-5-4-14-11-20-21(29-13-28-20)12-16(14)22(15)25/h6-7,10-12H,3-5,8-9,13H2,1-2H3/q+1. The van der Waals surface area contributed by atoms with E-state index in [0.717, 1.165) is 58.5 Å². The fraction of sp³-hybridized carbons (Fsp3) is 0.348. The van der Waals surface area contributed by atoms with Crippen LogP contribution in [-0.4, -0.2) is 25.8 Å². The van der Waals surface area contributed by atoms with E-state index in [4.69, 9.17) is 18.9 Å². The first kappa shape index (κ1) is 18.6. The maximum atomic E-state index is 6.15. The number of hydrogen-bond donors (Lipinski definition) is 0. The average molecular weight is 457 g/mol. The first-order valence-electron chi connectivity index (χ1n) is 9.85. The van der Waals surface area contributed by atoms with E-state index >= 15 is 0 Å². The molecule has 1 aliphatic carbocycles. The Morgan fingerprint density at radius 1 is 1.07 bits per heavy atom. The number of halogens is 1. The van der Waals surface area contributed by atoms with E-state index in [1.807, 2.05) is 6.07 Å². The van der Waals surface area contributed by atoms with Crippen LogP contribution in [0.3, 0.4) is 0 Å². The molecule has 1 aromatic heterocycles. The number of benzene rings is 2. The van der Waals surface area contributed by atoms with Crippen LogP contribution in [0.25, 0.3) is 22.2 Å². The van der Waals surface area contributed by atoms with Crippen molar-refractivity contribution in [2.24, 2.45) is 7.05 Å². The largest absolute Gasteiger partial charge is 0.493 e. The van der Waals surface area contributed by atoms with Crippen LogP contribution < -0.4 is 23.5 Å². The lowest BCUT2D eigenvalue weighted by Gasteiger charge is -2.20. The summed E-state index contributed by atoms with van der Waals surface area (Å²) in [5.41, 5.74) is 6.18. The zero-order valence-corrected chi connectivity index (χ0v) is 18.2. The van der Waals surface area contributed by atoms with Gasteiger partial charge in [-0.05, 0) is 49.1 Å². The molecule has 29 heavy (non-hydrogen) atoms. The van der Waals surface area contributed by atoms with Crippen molar-refractivity contribution in [1.29, 1.82) is 0 Å². The molecule has 0 bridgehead atoms. The van der Waals surface area contributed by atoms with Crippen molar-refractivity contribution in [2.45, 2.75) is 19.3 Å². The fourth-order valence-corrected chi connectivity index (χ4v) is 4.57. The minimum atomic E-state index is 0.295. The SMILES string of the molecule is COc1ccc2c(cc3c([n+]2C)-c2cc4c(cc2CC3)OCO4)c1OCCCBr. The van der Waals surface area contributed by atoms with Crippen LogP contribution in [0.1, 0.15) is 17.5 Å². The third-order valence-corrected chi connectivity index (χ3v) is 6.28. The van der Waals surface area contributed by atoms with Gasteiger partial charge in [0.25, 0.3) is 0 Å². The van der Waals surface area contributed by atoms with E-state index in [0.29, 0.717) is 13.4 Å². The van der Waals surface area contributed by atoms with Crippen molar-refractivity contribution >= 4 is 26.8 Å². The van der Waals surface area contributed by atoms with Crippen molar-refractivity contribution in [3.05, 3.63) is 41.5 Å². The molecule has 0 unspecified atom stereocenters. The first-order valence-corrected chi connectivity index (χ1v) is 11.0. The number of methoxy groups -OCH3 is 1. The Morgan fingerprint density at radius 2 is 1.86 bits per heavy atom. The minimum Gasteiger partial charge on any atom is -0.493 e. The number of rotatable bonds is 5. The summed E-state index contributed by atoms with van der Waals surface area (Å²) >= 11 is 3.47. The van der Waals surface area contributed by atoms with E-state index < -0.39 is 0 Å². The highest BCUT2D eigenvalue weighted by Gasteiger charge is 2.30. The molecule has 1 aliphatic heterocycles. The lowest BCUT2D eigenvalue weighted by atomic mass is 9.87. The van der Waals surface area contributed by atoms with Crippen LogP contribution in [0.15, 0.2) is 30.3 Å². The van der Waals surface area contributed by atoms with Gasteiger partial charge in [0.05, 0.1) is 24.7 Å². The van der Waals surface area contributed by atoms with Gasteiger partial charge in [0.1, 0.15) is 7.05 Å². The Labute approximate surface area is 178 Å². The third-order valence-electron chi connectivity index (χ3n) is 5.72. The summed E-state index contributed by atoms with van der Waals surface area (Å²) in [5, 5.41) is 2.00. The van der Waals surface area contributed by atoms with Gasteiger partial charge in [-0.1, -0.05) is 15.9 Å². The number of hydrogen-bond acceptors (Lipinski definition) is 4. The summed E-state index contributed by atoms with van der Waals surface area (Å²) < 4.78 is 25.2. The van der Waals surface area contributed by atoms with Crippen molar-refractivity contribution in [1.82, 2.24) is 0 Å². The van der Waals surface area contributed by atoms with Gasteiger partial charge in [0, 0.05) is 17.0 Å². The minimum absolute atomic E-state index is 0.295. The molecular weight excluding hydrogens is 434 g/mol. The van der Waals surface area contributed by atoms with Gasteiger partial charge in [-0.3, -0.25) is 0 Å². The smallest absolute Gasteiger partial charge is 0.231 e. The summed E-state index contributed by atoms with van der Waals surface area (Å²) in [6, 6.07) is 10.6. The Balaban J connectivity index is 1.70. The highest BCUT2D eigenvalue weighted by Crippen LogP contribution is 2.43. The Hall–Kier alpha value is -2.47. The molecule has 5 nitrogen and oxygen atoms in total. The molecule has 3 aromatic rings. The number of alkyl halides is 1. The summed E-state index contributed by atoms with van der Waals surface area (Å²) in [6.07, 6.45) is 2.90. The van der Waals surface area contributed by atoms with Gasteiger partial charge >= 0.3 is 0 Å². The molecule has 0 radical (unpaired) electrons. The second-order valence-corrected chi connectivity index (χ2v) is 8.15. The molecule has 0 spiro atoms. The van der Waals surface area contributed by atoms with Gasteiger partial charge in [-0.2, -0.15) is 4.57 Å². The van der Waals surface area contributed by atoms with E-state index in [2.05, 4.69) is 51.8 Å². The van der Waals surface area contributed by atoms with Gasteiger partial charge in [0.15, 0.2) is 23.0 Å². The summed E-state index contributed by atoms with van der Waals surface area (Å²) in [6.45, 7) is 0.942. The maximum absolute atomic E-state index is 6.15. The molecule has 150 valence electrons. The number of nitrogens with zero attached hydrogens (tertiary/aromatic N) is 1. The highest BCUT2D eigenvalue weighted by molar-refractivity contribution is 9.09. The van der Waals surface area contributed by atoms with Crippen LogP contribution in [-0.2, 0) is 19.9 Å². The number of ether oxygens (including phenoxy) is 4. The number of aryl methyl sites for hydroxylation is 3. The van der Waals surface area contributed by atoms with E-state index in [1.165, 1.54) is 22.4 Å². The predicted octanol–water partition coefficient (Wildman–Crippen LogP) is 4.33. The van der Waals surface area contributed by atoms with Crippen LogP contribution in [0.4, 0.5) is 0 Å². The molecule has 0 amide bonds. The molecule has 0 saturated heterocycles. The molecule has 0 atom stereocenters. The third kappa shape index (κ3) is 3.01. The Bertz CT molecular complexity index is 1110. The fourth-order valence-electron chi connectivity index (χ4n) is 4.34. The highest BCUT2D eigenvalue weighted by atomic mass is 79.9. The molecule has 2 heterocycles. The van der Waals surface area contributed by atoms with E-state index in [-0.39, 0.29) is 0 Å². The molecular formula is C23H23BrNO4+. The molecule has 2 aliphatic rings. The first-order chi connectivity index (χ1) is 14.2. The second kappa shape index (κ2) is 7.41. The van der Waals surface area contributed by atoms with E-state index in [1.54, 1.807) is 7.11 Å². The van der Waals surface area contributed by atoms with Gasteiger partial charge < -0.3 is 18.9 Å².